The lowest BCUT2D eigenvalue weighted by Gasteiger charge is -2.06. The lowest BCUT2D eigenvalue weighted by atomic mass is 9.96. The molecule has 0 aliphatic carbocycles. The van der Waals surface area contributed by atoms with Gasteiger partial charge in [0.15, 0.2) is 0 Å². The molecule has 3 aromatic carbocycles. The maximum Gasteiger partial charge on any atom is 0.136 e. The second kappa shape index (κ2) is 5.03. The third kappa shape index (κ3) is 2.01. The SMILES string of the molecule is CC(C)c1cccc2oc3cc(-c4ccccc4)ccc3c12. The topological polar surface area (TPSA) is 13.1 Å². The summed E-state index contributed by atoms with van der Waals surface area (Å²) < 4.78 is 6.11. The van der Waals surface area contributed by atoms with E-state index in [9.17, 15) is 0 Å². The molecule has 0 aliphatic rings. The molecule has 0 N–H and O–H groups in total. The fraction of sp³-hybridized carbons (Fsp3) is 0.143. The third-order valence-corrected chi connectivity index (χ3v) is 4.26. The monoisotopic (exact) mass is 286 g/mol. The average molecular weight is 286 g/mol. The number of fused-ring (bicyclic) bond motifs is 3. The van der Waals surface area contributed by atoms with Gasteiger partial charge >= 0.3 is 0 Å². The second-order valence-electron chi connectivity index (χ2n) is 6.05. The van der Waals surface area contributed by atoms with Crippen LogP contribution in [0.1, 0.15) is 25.3 Å². The Hall–Kier alpha value is -2.54. The molecular weight excluding hydrogens is 268 g/mol. The van der Waals surface area contributed by atoms with E-state index in [0.717, 1.165) is 11.2 Å². The summed E-state index contributed by atoms with van der Waals surface area (Å²) >= 11 is 0. The summed E-state index contributed by atoms with van der Waals surface area (Å²) in [5.74, 6) is 0.485. The molecule has 1 aromatic heterocycles. The zero-order valence-electron chi connectivity index (χ0n) is 12.8. The van der Waals surface area contributed by atoms with E-state index in [4.69, 9.17) is 4.42 Å². The van der Waals surface area contributed by atoms with Crippen molar-refractivity contribution in [3.05, 3.63) is 72.3 Å². The van der Waals surface area contributed by atoms with Crippen molar-refractivity contribution in [3.8, 4) is 11.1 Å². The first-order valence-electron chi connectivity index (χ1n) is 7.74. The van der Waals surface area contributed by atoms with E-state index in [0.29, 0.717) is 5.92 Å². The Morgan fingerprint density at radius 2 is 1.55 bits per heavy atom. The summed E-state index contributed by atoms with van der Waals surface area (Å²) in [5, 5.41) is 2.46. The van der Waals surface area contributed by atoms with E-state index in [2.05, 4.69) is 74.5 Å². The van der Waals surface area contributed by atoms with E-state index in [1.807, 2.05) is 6.07 Å². The van der Waals surface area contributed by atoms with Crippen LogP contribution in [-0.2, 0) is 0 Å². The second-order valence-corrected chi connectivity index (χ2v) is 6.05. The number of benzene rings is 3. The van der Waals surface area contributed by atoms with Gasteiger partial charge in [-0.05, 0) is 40.8 Å². The van der Waals surface area contributed by atoms with Crippen molar-refractivity contribution in [2.24, 2.45) is 0 Å². The van der Waals surface area contributed by atoms with E-state index < -0.39 is 0 Å². The van der Waals surface area contributed by atoms with Crippen molar-refractivity contribution < 1.29 is 4.42 Å². The van der Waals surface area contributed by atoms with Gasteiger partial charge in [0.1, 0.15) is 11.2 Å². The molecule has 4 aromatic rings. The third-order valence-electron chi connectivity index (χ3n) is 4.26. The molecule has 1 heteroatoms. The van der Waals surface area contributed by atoms with Crippen molar-refractivity contribution in [3.63, 3.8) is 0 Å². The summed E-state index contributed by atoms with van der Waals surface area (Å²) in [6, 6.07) is 23.3. The molecule has 1 heterocycles. The molecule has 0 bridgehead atoms. The van der Waals surface area contributed by atoms with Crippen molar-refractivity contribution >= 4 is 21.9 Å². The quantitative estimate of drug-likeness (QED) is 0.417. The highest BCUT2D eigenvalue weighted by molar-refractivity contribution is 6.07. The first kappa shape index (κ1) is 13.1. The Bertz CT molecular complexity index is 946. The van der Waals surface area contributed by atoms with Crippen LogP contribution in [0.15, 0.2) is 71.1 Å². The van der Waals surface area contributed by atoms with Crippen LogP contribution in [0, 0.1) is 0 Å². The zero-order valence-corrected chi connectivity index (χ0v) is 12.8. The van der Waals surface area contributed by atoms with E-state index in [1.165, 1.54) is 27.5 Å². The summed E-state index contributed by atoms with van der Waals surface area (Å²) in [4.78, 5) is 0. The molecule has 0 atom stereocenters. The molecule has 4 rings (SSSR count). The highest BCUT2D eigenvalue weighted by atomic mass is 16.3. The minimum Gasteiger partial charge on any atom is -0.456 e. The minimum atomic E-state index is 0.485. The fourth-order valence-electron chi connectivity index (χ4n) is 3.14. The normalized spacial score (nSPS) is 11.6. The van der Waals surface area contributed by atoms with Crippen LogP contribution in [0.5, 0.6) is 0 Å². The molecule has 0 saturated carbocycles. The zero-order chi connectivity index (χ0) is 15.1. The predicted octanol–water partition coefficient (Wildman–Crippen LogP) is 6.38. The molecule has 0 spiro atoms. The first-order valence-corrected chi connectivity index (χ1v) is 7.74. The van der Waals surface area contributed by atoms with Crippen LogP contribution >= 0.6 is 0 Å². The number of hydrogen-bond donors (Lipinski definition) is 0. The van der Waals surface area contributed by atoms with Crippen LogP contribution in [0.2, 0.25) is 0 Å². The molecule has 1 nitrogen and oxygen atoms in total. The Kier molecular flexibility index (Phi) is 3.00. The summed E-state index contributed by atoms with van der Waals surface area (Å²) in [7, 11) is 0. The van der Waals surface area contributed by atoms with Gasteiger partial charge < -0.3 is 4.42 Å². The maximum absolute atomic E-state index is 6.11. The van der Waals surface area contributed by atoms with Crippen molar-refractivity contribution in [1.29, 1.82) is 0 Å². The number of furan rings is 1. The van der Waals surface area contributed by atoms with E-state index in [-0.39, 0.29) is 0 Å². The molecule has 0 unspecified atom stereocenters. The van der Waals surface area contributed by atoms with Gasteiger partial charge in [-0.2, -0.15) is 0 Å². The molecule has 22 heavy (non-hydrogen) atoms. The Morgan fingerprint density at radius 1 is 0.727 bits per heavy atom. The standard InChI is InChI=1S/C21H18O/c1-14(2)17-9-6-10-19-21(17)18-12-11-16(13-20(18)22-19)15-7-4-3-5-8-15/h3-14H,1-2H3. The first-order chi connectivity index (χ1) is 10.7. The summed E-state index contributed by atoms with van der Waals surface area (Å²) in [6.45, 7) is 4.46. The molecule has 108 valence electrons. The van der Waals surface area contributed by atoms with Gasteiger partial charge in [0, 0.05) is 10.8 Å². The Morgan fingerprint density at radius 3 is 2.32 bits per heavy atom. The number of hydrogen-bond acceptors (Lipinski definition) is 1. The summed E-state index contributed by atoms with van der Waals surface area (Å²) in [5.41, 5.74) is 5.70. The molecule has 0 saturated heterocycles. The van der Waals surface area contributed by atoms with Crippen LogP contribution < -0.4 is 0 Å². The number of rotatable bonds is 2. The van der Waals surface area contributed by atoms with Gasteiger partial charge in [-0.3, -0.25) is 0 Å². The molecule has 0 radical (unpaired) electrons. The van der Waals surface area contributed by atoms with Crippen molar-refractivity contribution in [2.45, 2.75) is 19.8 Å². The summed E-state index contributed by atoms with van der Waals surface area (Å²) in [6.07, 6.45) is 0. The highest BCUT2D eigenvalue weighted by Crippen LogP contribution is 2.36. The lowest BCUT2D eigenvalue weighted by molar-refractivity contribution is 0.668. The lowest BCUT2D eigenvalue weighted by Crippen LogP contribution is -1.87. The van der Waals surface area contributed by atoms with E-state index >= 15 is 0 Å². The smallest absolute Gasteiger partial charge is 0.136 e. The van der Waals surface area contributed by atoms with Gasteiger partial charge in [0.25, 0.3) is 0 Å². The Labute approximate surface area is 130 Å². The van der Waals surface area contributed by atoms with Crippen LogP contribution in [-0.4, -0.2) is 0 Å². The van der Waals surface area contributed by atoms with Gasteiger partial charge in [-0.15, -0.1) is 0 Å². The van der Waals surface area contributed by atoms with Gasteiger partial charge in [-0.25, -0.2) is 0 Å². The molecule has 0 aliphatic heterocycles. The minimum absolute atomic E-state index is 0.485. The maximum atomic E-state index is 6.11. The van der Waals surface area contributed by atoms with Gasteiger partial charge in [-0.1, -0.05) is 62.4 Å². The van der Waals surface area contributed by atoms with E-state index in [1.54, 1.807) is 0 Å². The van der Waals surface area contributed by atoms with Crippen molar-refractivity contribution in [1.82, 2.24) is 0 Å². The van der Waals surface area contributed by atoms with Crippen molar-refractivity contribution in [2.75, 3.05) is 0 Å². The molecule has 0 fully saturated rings. The van der Waals surface area contributed by atoms with Gasteiger partial charge in [0.05, 0.1) is 0 Å². The molecular formula is C21H18O. The molecule has 0 amide bonds. The van der Waals surface area contributed by atoms with Crippen LogP contribution in [0.4, 0.5) is 0 Å². The van der Waals surface area contributed by atoms with Crippen LogP contribution in [0.25, 0.3) is 33.1 Å². The average Bonchev–Trinajstić information content (AvgIpc) is 2.93. The fourth-order valence-corrected chi connectivity index (χ4v) is 3.14. The highest BCUT2D eigenvalue weighted by Gasteiger charge is 2.13. The van der Waals surface area contributed by atoms with Crippen LogP contribution in [0.3, 0.4) is 0 Å². The largest absolute Gasteiger partial charge is 0.456 e. The predicted molar refractivity (Wildman–Crippen MR) is 93.2 cm³/mol. The Balaban J connectivity index is 1.99. The van der Waals surface area contributed by atoms with Gasteiger partial charge in [0.2, 0.25) is 0 Å².